The molecule has 0 bridgehead atoms. The second kappa shape index (κ2) is 5.69. The molecule has 6 heteroatoms. The van der Waals surface area contributed by atoms with Crippen LogP contribution in [-0.2, 0) is 4.79 Å². The fraction of sp³-hybridized carbons (Fsp3) is 0.385. The lowest BCUT2D eigenvalue weighted by Gasteiger charge is -2.13. The van der Waals surface area contributed by atoms with E-state index in [0.717, 1.165) is 0 Å². The van der Waals surface area contributed by atoms with Crippen molar-refractivity contribution >= 4 is 17.7 Å². The van der Waals surface area contributed by atoms with Gasteiger partial charge in [-0.2, -0.15) is 0 Å². The Morgan fingerprint density at radius 1 is 1.21 bits per heavy atom. The predicted octanol–water partition coefficient (Wildman–Crippen LogP) is 2.20. The summed E-state index contributed by atoms with van der Waals surface area (Å²) >= 11 is 0. The molecule has 1 saturated carbocycles. The predicted molar refractivity (Wildman–Crippen MR) is 67.3 cm³/mol. The van der Waals surface area contributed by atoms with Gasteiger partial charge in [-0.3, -0.25) is 4.79 Å². The average Bonchev–Trinajstić information content (AvgIpc) is 2.80. The number of hydrogen-bond donors (Lipinski definition) is 3. The lowest BCUT2D eigenvalue weighted by Crippen LogP contribution is -2.36. The van der Waals surface area contributed by atoms with Gasteiger partial charge < -0.3 is 15.7 Å². The average molecular weight is 266 g/mol. The highest BCUT2D eigenvalue weighted by molar-refractivity contribution is 5.89. The van der Waals surface area contributed by atoms with Crippen molar-refractivity contribution in [3.05, 3.63) is 30.1 Å². The Morgan fingerprint density at radius 2 is 1.89 bits per heavy atom. The fourth-order valence-electron chi connectivity index (χ4n) is 2.22. The molecule has 0 radical (unpaired) electrons. The van der Waals surface area contributed by atoms with Crippen molar-refractivity contribution in [2.24, 2.45) is 5.92 Å². The number of hydrogen-bond acceptors (Lipinski definition) is 2. The largest absolute Gasteiger partial charge is 0.481 e. The third kappa shape index (κ3) is 3.67. The highest BCUT2D eigenvalue weighted by Gasteiger charge is 2.30. The Bertz CT molecular complexity index is 475. The van der Waals surface area contributed by atoms with Gasteiger partial charge in [0.25, 0.3) is 0 Å². The SMILES string of the molecule is O=C(Nc1ccc(F)cc1)NC1CCC(C(=O)O)C1. The van der Waals surface area contributed by atoms with Crippen LogP contribution in [0.4, 0.5) is 14.9 Å². The molecule has 1 fully saturated rings. The van der Waals surface area contributed by atoms with E-state index in [0.29, 0.717) is 24.9 Å². The maximum atomic E-state index is 12.7. The van der Waals surface area contributed by atoms with Crippen LogP contribution in [0.3, 0.4) is 0 Å². The number of amides is 2. The molecular weight excluding hydrogens is 251 g/mol. The molecule has 1 aliphatic rings. The molecule has 1 aromatic rings. The highest BCUT2D eigenvalue weighted by atomic mass is 19.1. The Balaban J connectivity index is 1.82. The van der Waals surface area contributed by atoms with Gasteiger partial charge in [-0.15, -0.1) is 0 Å². The molecule has 0 heterocycles. The summed E-state index contributed by atoms with van der Waals surface area (Å²) in [6.07, 6.45) is 1.69. The molecule has 3 N–H and O–H groups in total. The summed E-state index contributed by atoms with van der Waals surface area (Å²) in [6.45, 7) is 0. The zero-order valence-corrected chi connectivity index (χ0v) is 10.2. The summed E-state index contributed by atoms with van der Waals surface area (Å²) in [7, 11) is 0. The number of carboxylic acid groups (broad SMARTS) is 1. The van der Waals surface area contributed by atoms with E-state index in [-0.39, 0.29) is 17.8 Å². The maximum Gasteiger partial charge on any atom is 0.319 e. The van der Waals surface area contributed by atoms with Crippen LogP contribution in [0.5, 0.6) is 0 Å². The van der Waals surface area contributed by atoms with Crippen LogP contribution in [0.2, 0.25) is 0 Å². The van der Waals surface area contributed by atoms with Crippen molar-refractivity contribution in [3.63, 3.8) is 0 Å². The van der Waals surface area contributed by atoms with Crippen LogP contribution in [0.25, 0.3) is 0 Å². The zero-order chi connectivity index (χ0) is 13.8. The number of carbonyl (C=O) groups is 2. The number of anilines is 1. The second-order valence-corrected chi connectivity index (χ2v) is 4.65. The third-order valence-electron chi connectivity index (χ3n) is 3.22. The standard InChI is InChI=1S/C13H15FN2O3/c14-9-2-5-10(6-3-9)15-13(19)16-11-4-1-8(7-11)12(17)18/h2-3,5-6,8,11H,1,4,7H2,(H,17,18)(H2,15,16,19). The highest BCUT2D eigenvalue weighted by Crippen LogP contribution is 2.25. The fourth-order valence-corrected chi connectivity index (χ4v) is 2.22. The van der Waals surface area contributed by atoms with Crippen LogP contribution < -0.4 is 10.6 Å². The monoisotopic (exact) mass is 266 g/mol. The van der Waals surface area contributed by atoms with E-state index < -0.39 is 12.0 Å². The van der Waals surface area contributed by atoms with Crippen LogP contribution in [-0.4, -0.2) is 23.1 Å². The summed E-state index contributed by atoms with van der Waals surface area (Å²) in [5.41, 5.74) is 0.492. The van der Waals surface area contributed by atoms with E-state index in [1.165, 1.54) is 24.3 Å². The lowest BCUT2D eigenvalue weighted by molar-refractivity contribution is -0.141. The van der Waals surface area contributed by atoms with Gasteiger partial charge in [0, 0.05) is 11.7 Å². The van der Waals surface area contributed by atoms with Gasteiger partial charge in [-0.25, -0.2) is 9.18 Å². The number of carbonyl (C=O) groups excluding carboxylic acids is 1. The molecule has 0 saturated heterocycles. The molecule has 2 atom stereocenters. The van der Waals surface area contributed by atoms with Crippen molar-refractivity contribution < 1.29 is 19.1 Å². The molecule has 1 aliphatic carbocycles. The Labute approximate surface area is 109 Å². The molecule has 2 unspecified atom stereocenters. The minimum Gasteiger partial charge on any atom is -0.481 e. The normalized spacial score (nSPS) is 21.9. The summed E-state index contributed by atoms with van der Waals surface area (Å²) in [4.78, 5) is 22.5. The van der Waals surface area contributed by atoms with Gasteiger partial charge in [0.2, 0.25) is 0 Å². The lowest BCUT2D eigenvalue weighted by atomic mass is 10.1. The molecule has 19 heavy (non-hydrogen) atoms. The van der Waals surface area contributed by atoms with Gasteiger partial charge in [0.05, 0.1) is 5.92 Å². The molecule has 0 aliphatic heterocycles. The molecule has 0 spiro atoms. The first kappa shape index (κ1) is 13.3. The van der Waals surface area contributed by atoms with Crippen molar-refractivity contribution in [3.8, 4) is 0 Å². The Hall–Kier alpha value is -2.11. The van der Waals surface area contributed by atoms with E-state index >= 15 is 0 Å². The third-order valence-corrected chi connectivity index (χ3v) is 3.22. The van der Waals surface area contributed by atoms with Gasteiger partial charge in [0.15, 0.2) is 0 Å². The number of rotatable bonds is 3. The van der Waals surface area contributed by atoms with Crippen molar-refractivity contribution in [2.75, 3.05) is 5.32 Å². The molecule has 0 aromatic heterocycles. The van der Waals surface area contributed by atoms with Gasteiger partial charge >= 0.3 is 12.0 Å². The molecule has 1 aromatic carbocycles. The number of benzene rings is 1. The van der Waals surface area contributed by atoms with Crippen LogP contribution >= 0.6 is 0 Å². The van der Waals surface area contributed by atoms with E-state index in [2.05, 4.69) is 10.6 Å². The number of halogens is 1. The molecule has 2 amide bonds. The van der Waals surface area contributed by atoms with Gasteiger partial charge in [-0.05, 0) is 43.5 Å². The van der Waals surface area contributed by atoms with Crippen LogP contribution in [0, 0.1) is 11.7 Å². The molecule has 102 valence electrons. The quantitative estimate of drug-likeness (QED) is 0.784. The summed E-state index contributed by atoms with van der Waals surface area (Å²) < 4.78 is 12.7. The van der Waals surface area contributed by atoms with Crippen molar-refractivity contribution in [1.82, 2.24) is 5.32 Å². The van der Waals surface area contributed by atoms with Crippen LogP contribution in [0.15, 0.2) is 24.3 Å². The second-order valence-electron chi connectivity index (χ2n) is 4.65. The minimum absolute atomic E-state index is 0.124. The topological polar surface area (TPSA) is 78.4 Å². The first-order valence-corrected chi connectivity index (χ1v) is 6.10. The van der Waals surface area contributed by atoms with E-state index in [4.69, 9.17) is 5.11 Å². The van der Waals surface area contributed by atoms with Crippen molar-refractivity contribution in [1.29, 1.82) is 0 Å². The van der Waals surface area contributed by atoms with Gasteiger partial charge in [0.1, 0.15) is 5.82 Å². The smallest absolute Gasteiger partial charge is 0.319 e. The summed E-state index contributed by atoms with van der Waals surface area (Å²) in [6, 6.07) is 4.91. The number of urea groups is 1. The maximum absolute atomic E-state index is 12.7. The zero-order valence-electron chi connectivity index (χ0n) is 10.2. The first-order valence-electron chi connectivity index (χ1n) is 6.10. The van der Waals surface area contributed by atoms with E-state index in [1.54, 1.807) is 0 Å². The molecule has 2 rings (SSSR count). The minimum atomic E-state index is -0.816. The summed E-state index contributed by atoms with van der Waals surface area (Å²) in [5, 5.41) is 14.2. The first-order chi connectivity index (χ1) is 9.04. The molecular formula is C13H15FN2O3. The van der Waals surface area contributed by atoms with Crippen molar-refractivity contribution in [2.45, 2.75) is 25.3 Å². The summed E-state index contributed by atoms with van der Waals surface area (Å²) in [5.74, 6) is -1.56. The van der Waals surface area contributed by atoms with Gasteiger partial charge in [-0.1, -0.05) is 0 Å². The number of nitrogens with one attached hydrogen (secondary N) is 2. The molecule has 5 nitrogen and oxygen atoms in total. The number of carboxylic acids is 1. The van der Waals surface area contributed by atoms with E-state index in [1.807, 2.05) is 0 Å². The van der Waals surface area contributed by atoms with Crippen LogP contribution in [0.1, 0.15) is 19.3 Å². The Kier molecular flexibility index (Phi) is 3.99. The van der Waals surface area contributed by atoms with E-state index in [9.17, 15) is 14.0 Å². The Morgan fingerprint density at radius 3 is 2.47 bits per heavy atom. The number of aliphatic carboxylic acids is 1.